The van der Waals surface area contributed by atoms with Crippen molar-refractivity contribution in [3.63, 3.8) is 0 Å². The first-order valence-electron chi connectivity index (χ1n) is 12.2. The molecule has 4 nitrogen and oxygen atoms in total. The minimum absolute atomic E-state index is 0.0163. The smallest absolute Gasteiger partial charge is 0.227 e. The first-order chi connectivity index (χ1) is 13.5. The molecule has 2 heterocycles. The van der Waals surface area contributed by atoms with Gasteiger partial charge in [-0.15, -0.1) is 0 Å². The summed E-state index contributed by atoms with van der Waals surface area (Å²) in [6.07, 6.45) is 10.8. The number of hydrogen-bond acceptors (Lipinski definition) is 3. The van der Waals surface area contributed by atoms with Crippen LogP contribution in [0.25, 0.3) is 0 Å². The Kier molecular flexibility index (Phi) is 7.05. The zero-order valence-corrected chi connectivity index (χ0v) is 20.1. The lowest BCUT2D eigenvalue weighted by Crippen LogP contribution is -2.48. The molecule has 1 spiro atoms. The van der Waals surface area contributed by atoms with Gasteiger partial charge in [0.15, 0.2) is 0 Å². The monoisotopic (exact) mass is 406 g/mol. The van der Waals surface area contributed by atoms with E-state index >= 15 is 0 Å². The van der Waals surface area contributed by atoms with Crippen molar-refractivity contribution < 1.29 is 9.53 Å². The van der Waals surface area contributed by atoms with E-state index in [1.165, 1.54) is 71.0 Å². The van der Waals surface area contributed by atoms with Gasteiger partial charge in [0.25, 0.3) is 0 Å². The van der Waals surface area contributed by atoms with Crippen LogP contribution in [0.2, 0.25) is 0 Å². The lowest BCUT2D eigenvalue weighted by Gasteiger charge is -2.47. The number of nitrogens with zero attached hydrogens (tertiary/aromatic N) is 2. The van der Waals surface area contributed by atoms with E-state index in [-0.39, 0.29) is 11.0 Å². The first-order valence-corrected chi connectivity index (χ1v) is 12.2. The second-order valence-corrected chi connectivity index (χ2v) is 12.2. The van der Waals surface area contributed by atoms with Crippen molar-refractivity contribution in [3.05, 3.63) is 0 Å². The summed E-state index contributed by atoms with van der Waals surface area (Å²) in [6.45, 7) is 18.3. The van der Waals surface area contributed by atoms with E-state index in [0.29, 0.717) is 17.4 Å². The van der Waals surface area contributed by atoms with Gasteiger partial charge < -0.3 is 14.5 Å². The van der Waals surface area contributed by atoms with Crippen LogP contribution >= 0.6 is 0 Å². The van der Waals surface area contributed by atoms with Crippen molar-refractivity contribution >= 4 is 5.91 Å². The third kappa shape index (κ3) is 6.43. The fourth-order valence-corrected chi connectivity index (χ4v) is 5.71. The quantitative estimate of drug-likeness (QED) is 0.653. The summed E-state index contributed by atoms with van der Waals surface area (Å²) in [5.41, 5.74) is 0.268. The number of likely N-dealkylation sites (tertiary alicyclic amines) is 2. The van der Waals surface area contributed by atoms with E-state index in [1.54, 1.807) is 0 Å². The Hall–Kier alpha value is -0.610. The molecule has 4 heteroatoms. The molecule has 0 N–H and O–H groups in total. The summed E-state index contributed by atoms with van der Waals surface area (Å²) in [7, 11) is 0. The van der Waals surface area contributed by atoms with E-state index in [9.17, 15) is 4.79 Å². The van der Waals surface area contributed by atoms with Crippen LogP contribution in [0.4, 0.5) is 0 Å². The van der Waals surface area contributed by atoms with Crippen LogP contribution in [-0.2, 0) is 9.53 Å². The van der Waals surface area contributed by atoms with Crippen LogP contribution in [0.1, 0.15) is 92.9 Å². The van der Waals surface area contributed by atoms with Gasteiger partial charge >= 0.3 is 0 Å². The van der Waals surface area contributed by atoms with Crippen LogP contribution in [0.3, 0.4) is 0 Å². The minimum atomic E-state index is -0.243. The van der Waals surface area contributed by atoms with E-state index in [2.05, 4.69) is 30.6 Å². The number of carbonyl (C=O) groups is 1. The Morgan fingerprint density at radius 1 is 0.862 bits per heavy atom. The predicted octanol–water partition coefficient (Wildman–Crippen LogP) is 5.11. The molecule has 168 valence electrons. The Labute approximate surface area is 179 Å². The number of hydrogen-bond donors (Lipinski definition) is 0. The summed E-state index contributed by atoms with van der Waals surface area (Å²) in [6, 6.07) is 0. The molecule has 2 aliphatic heterocycles. The van der Waals surface area contributed by atoms with Crippen molar-refractivity contribution in [1.82, 2.24) is 9.80 Å². The molecule has 2 saturated heterocycles. The van der Waals surface area contributed by atoms with Gasteiger partial charge in [0, 0.05) is 38.1 Å². The highest BCUT2D eigenvalue weighted by atomic mass is 16.5. The highest BCUT2D eigenvalue weighted by molar-refractivity contribution is 5.81. The zero-order chi connectivity index (χ0) is 21.3. The van der Waals surface area contributed by atoms with Crippen molar-refractivity contribution in [3.8, 4) is 0 Å². The molecule has 0 atom stereocenters. The summed E-state index contributed by atoms with van der Waals surface area (Å²) in [4.78, 5) is 17.4. The van der Waals surface area contributed by atoms with E-state index in [1.807, 2.05) is 20.8 Å². The topological polar surface area (TPSA) is 32.8 Å². The molecular weight excluding hydrogens is 360 g/mol. The largest absolute Gasteiger partial charge is 0.373 e. The van der Waals surface area contributed by atoms with Gasteiger partial charge in [-0.1, -0.05) is 20.8 Å². The van der Waals surface area contributed by atoms with Gasteiger partial charge in [-0.3, -0.25) is 4.79 Å². The molecule has 3 fully saturated rings. The normalized spacial score (nSPS) is 25.5. The molecule has 1 aliphatic carbocycles. The molecule has 3 aliphatic rings. The second-order valence-electron chi connectivity index (χ2n) is 12.2. The first kappa shape index (κ1) is 23.1. The standard InChI is InChI=1S/C25H46N2O2/c1-23(2,3)22(28)27-17-13-25(14-18-27)11-7-20(8-12-25)19-26-15-9-21(10-16-26)29-24(4,5)6/h20-21H,7-19H2,1-6H3. The third-order valence-corrected chi connectivity index (χ3v) is 7.49. The molecule has 1 saturated carbocycles. The van der Waals surface area contributed by atoms with E-state index in [4.69, 9.17) is 4.74 Å². The summed E-state index contributed by atoms with van der Waals surface area (Å²) < 4.78 is 6.18. The van der Waals surface area contributed by atoms with Gasteiger partial charge in [-0.25, -0.2) is 0 Å². The number of carbonyl (C=O) groups excluding carboxylic acids is 1. The van der Waals surface area contributed by atoms with Crippen LogP contribution in [0.15, 0.2) is 0 Å². The molecule has 0 aromatic carbocycles. The van der Waals surface area contributed by atoms with E-state index in [0.717, 1.165) is 19.0 Å². The average Bonchev–Trinajstić information content (AvgIpc) is 2.64. The average molecular weight is 407 g/mol. The maximum absolute atomic E-state index is 12.6. The van der Waals surface area contributed by atoms with Gasteiger partial charge in [0.05, 0.1) is 11.7 Å². The van der Waals surface area contributed by atoms with Crippen LogP contribution in [0.5, 0.6) is 0 Å². The van der Waals surface area contributed by atoms with Crippen molar-refractivity contribution in [2.75, 3.05) is 32.7 Å². The molecule has 3 rings (SSSR count). The fraction of sp³-hybridized carbons (Fsp3) is 0.960. The summed E-state index contributed by atoms with van der Waals surface area (Å²) >= 11 is 0. The molecular formula is C25H46N2O2. The lowest BCUT2D eigenvalue weighted by molar-refractivity contribution is -0.142. The highest BCUT2D eigenvalue weighted by Crippen LogP contribution is 2.47. The Balaban J connectivity index is 1.38. The molecule has 0 unspecified atom stereocenters. The number of amides is 1. The van der Waals surface area contributed by atoms with Crippen LogP contribution in [-0.4, -0.2) is 60.1 Å². The van der Waals surface area contributed by atoms with Crippen LogP contribution < -0.4 is 0 Å². The fourth-order valence-electron chi connectivity index (χ4n) is 5.71. The number of piperidine rings is 2. The van der Waals surface area contributed by atoms with Gasteiger partial charge in [-0.05, 0) is 83.5 Å². The SMILES string of the molecule is CC(C)(C)OC1CCN(CC2CCC3(CC2)CCN(C(=O)C(C)(C)C)CC3)CC1. The van der Waals surface area contributed by atoms with Crippen molar-refractivity contribution in [2.24, 2.45) is 16.7 Å². The van der Waals surface area contributed by atoms with E-state index < -0.39 is 0 Å². The van der Waals surface area contributed by atoms with Gasteiger partial charge in [0.2, 0.25) is 5.91 Å². The van der Waals surface area contributed by atoms with Gasteiger partial charge in [0.1, 0.15) is 0 Å². The Morgan fingerprint density at radius 3 is 1.90 bits per heavy atom. The highest BCUT2D eigenvalue weighted by Gasteiger charge is 2.40. The minimum Gasteiger partial charge on any atom is -0.373 e. The van der Waals surface area contributed by atoms with Crippen LogP contribution in [0, 0.1) is 16.7 Å². The molecule has 0 aromatic rings. The number of rotatable bonds is 3. The maximum Gasteiger partial charge on any atom is 0.227 e. The van der Waals surface area contributed by atoms with Gasteiger partial charge in [-0.2, -0.15) is 0 Å². The third-order valence-electron chi connectivity index (χ3n) is 7.49. The maximum atomic E-state index is 12.6. The van der Waals surface area contributed by atoms with Crippen molar-refractivity contribution in [1.29, 1.82) is 0 Å². The zero-order valence-electron chi connectivity index (χ0n) is 20.1. The summed E-state index contributed by atoms with van der Waals surface area (Å²) in [5.74, 6) is 1.20. The van der Waals surface area contributed by atoms with Crippen molar-refractivity contribution in [2.45, 2.75) is 105 Å². The Bertz CT molecular complexity index is 534. The molecule has 0 radical (unpaired) electrons. The molecule has 1 amide bonds. The Morgan fingerprint density at radius 2 is 1.41 bits per heavy atom. The number of ether oxygens (including phenoxy) is 1. The molecule has 0 aromatic heterocycles. The lowest BCUT2D eigenvalue weighted by atomic mass is 9.65. The summed E-state index contributed by atoms with van der Waals surface area (Å²) in [5, 5.41) is 0. The predicted molar refractivity (Wildman–Crippen MR) is 120 cm³/mol. The second kappa shape index (κ2) is 8.86. The molecule has 29 heavy (non-hydrogen) atoms. The molecule has 0 bridgehead atoms.